The number of nitrogens with zero attached hydrogens (tertiary/aromatic N) is 2. The molecular weight excluding hydrogens is 326 g/mol. The topological polar surface area (TPSA) is 82.7 Å². The Morgan fingerprint density at radius 3 is 2.73 bits per heavy atom. The van der Waals surface area contributed by atoms with Crippen molar-refractivity contribution in [3.8, 4) is 0 Å². The quantitative estimate of drug-likeness (QED) is 0.581. The van der Waals surface area contributed by atoms with E-state index in [2.05, 4.69) is 45.7 Å². The van der Waals surface area contributed by atoms with Crippen LogP contribution in [0.25, 0.3) is 10.9 Å². The zero-order chi connectivity index (χ0) is 18.4. The molecule has 0 atom stereocenters. The number of anilines is 1. The molecule has 0 fully saturated rings. The molecule has 0 aliphatic carbocycles. The van der Waals surface area contributed by atoms with Crippen molar-refractivity contribution < 1.29 is 4.79 Å². The van der Waals surface area contributed by atoms with Gasteiger partial charge < -0.3 is 15.6 Å². The Kier molecular flexibility index (Phi) is 5.84. The fraction of sp³-hybridized carbons (Fsp3) is 0.350. The summed E-state index contributed by atoms with van der Waals surface area (Å²) in [5.41, 5.74) is 2.63. The number of para-hydroxylation sites is 1. The second kappa shape index (κ2) is 8.47. The van der Waals surface area contributed by atoms with Crippen LogP contribution in [0.15, 0.2) is 42.6 Å². The first-order valence-corrected chi connectivity index (χ1v) is 9.04. The number of fused-ring (bicyclic) bond motifs is 1. The molecule has 1 amide bonds. The van der Waals surface area contributed by atoms with Gasteiger partial charge in [0.05, 0.1) is 0 Å². The van der Waals surface area contributed by atoms with Crippen molar-refractivity contribution in [2.75, 3.05) is 18.4 Å². The van der Waals surface area contributed by atoms with Gasteiger partial charge in [0.2, 0.25) is 0 Å². The van der Waals surface area contributed by atoms with Crippen LogP contribution in [0.4, 0.5) is 5.82 Å². The van der Waals surface area contributed by atoms with Crippen molar-refractivity contribution in [3.63, 3.8) is 0 Å². The van der Waals surface area contributed by atoms with Crippen molar-refractivity contribution in [2.24, 2.45) is 5.92 Å². The molecule has 3 rings (SSSR count). The number of nitrogens with one attached hydrogen (secondary N) is 3. The third-order valence-electron chi connectivity index (χ3n) is 4.28. The van der Waals surface area contributed by atoms with E-state index >= 15 is 0 Å². The molecule has 26 heavy (non-hydrogen) atoms. The van der Waals surface area contributed by atoms with E-state index < -0.39 is 0 Å². The summed E-state index contributed by atoms with van der Waals surface area (Å²) >= 11 is 0. The van der Waals surface area contributed by atoms with Gasteiger partial charge in [-0.15, -0.1) is 10.2 Å². The number of rotatable bonds is 8. The highest BCUT2D eigenvalue weighted by molar-refractivity contribution is 5.92. The standard InChI is InChI=1S/C20H25N5O/c1-14(2)9-11-21-19-8-7-18(24-25-19)20(26)22-12-10-15-13-23-17-6-4-3-5-16(15)17/h3-8,13-14,23H,9-12H2,1-2H3,(H,21,25)(H,22,26). The lowest BCUT2D eigenvalue weighted by Crippen LogP contribution is -2.26. The lowest BCUT2D eigenvalue weighted by molar-refractivity contribution is 0.0948. The van der Waals surface area contributed by atoms with E-state index in [-0.39, 0.29) is 5.91 Å². The zero-order valence-corrected chi connectivity index (χ0v) is 15.2. The van der Waals surface area contributed by atoms with Crippen LogP contribution in [0.3, 0.4) is 0 Å². The van der Waals surface area contributed by atoms with E-state index in [4.69, 9.17) is 0 Å². The van der Waals surface area contributed by atoms with Crippen LogP contribution >= 0.6 is 0 Å². The van der Waals surface area contributed by atoms with Crippen LogP contribution in [-0.2, 0) is 6.42 Å². The molecule has 0 radical (unpaired) electrons. The predicted octanol–water partition coefficient (Wildman–Crippen LogP) is 3.39. The van der Waals surface area contributed by atoms with E-state index in [1.165, 1.54) is 10.9 Å². The average Bonchev–Trinajstić information content (AvgIpc) is 3.05. The van der Waals surface area contributed by atoms with E-state index in [0.717, 1.165) is 24.9 Å². The summed E-state index contributed by atoms with van der Waals surface area (Å²) in [6, 6.07) is 11.6. The minimum absolute atomic E-state index is 0.203. The fourth-order valence-electron chi connectivity index (χ4n) is 2.78. The summed E-state index contributed by atoms with van der Waals surface area (Å²) in [4.78, 5) is 15.5. The number of aromatic amines is 1. The molecular formula is C20H25N5O. The molecule has 0 saturated heterocycles. The second-order valence-corrected chi connectivity index (χ2v) is 6.78. The monoisotopic (exact) mass is 351 g/mol. The molecule has 6 nitrogen and oxygen atoms in total. The molecule has 136 valence electrons. The maximum absolute atomic E-state index is 12.2. The van der Waals surface area contributed by atoms with Crippen LogP contribution in [-0.4, -0.2) is 34.2 Å². The molecule has 0 aliphatic rings. The molecule has 0 spiro atoms. The van der Waals surface area contributed by atoms with Crippen molar-refractivity contribution >= 4 is 22.6 Å². The summed E-state index contributed by atoms with van der Waals surface area (Å²) in [5.74, 6) is 1.13. The van der Waals surface area contributed by atoms with Crippen LogP contribution in [0.1, 0.15) is 36.3 Å². The van der Waals surface area contributed by atoms with Gasteiger partial charge in [-0.1, -0.05) is 32.0 Å². The van der Waals surface area contributed by atoms with Crippen molar-refractivity contribution in [1.82, 2.24) is 20.5 Å². The van der Waals surface area contributed by atoms with Gasteiger partial charge in [0.25, 0.3) is 5.91 Å². The van der Waals surface area contributed by atoms with Gasteiger partial charge >= 0.3 is 0 Å². The molecule has 6 heteroatoms. The zero-order valence-electron chi connectivity index (χ0n) is 15.2. The van der Waals surface area contributed by atoms with E-state index in [9.17, 15) is 4.79 Å². The molecule has 2 heterocycles. The molecule has 3 aromatic rings. The average molecular weight is 351 g/mol. The lowest BCUT2D eigenvalue weighted by atomic mass is 10.1. The second-order valence-electron chi connectivity index (χ2n) is 6.78. The number of H-pyrrole nitrogens is 1. The van der Waals surface area contributed by atoms with Gasteiger partial charge in [0.15, 0.2) is 5.69 Å². The number of benzene rings is 1. The Labute approximate surface area is 153 Å². The Morgan fingerprint density at radius 1 is 1.12 bits per heavy atom. The molecule has 1 aromatic carbocycles. The van der Waals surface area contributed by atoms with Gasteiger partial charge in [-0.2, -0.15) is 0 Å². The summed E-state index contributed by atoms with van der Waals surface area (Å²) in [5, 5.41) is 15.4. The maximum atomic E-state index is 12.2. The van der Waals surface area contributed by atoms with E-state index in [1.807, 2.05) is 24.4 Å². The molecule has 0 aliphatic heterocycles. The summed E-state index contributed by atoms with van der Waals surface area (Å²) < 4.78 is 0. The SMILES string of the molecule is CC(C)CCNc1ccc(C(=O)NCCc2c[nH]c3ccccc23)nn1. The van der Waals surface area contributed by atoms with Crippen molar-refractivity contribution in [3.05, 3.63) is 53.9 Å². The molecule has 0 unspecified atom stereocenters. The van der Waals surface area contributed by atoms with Crippen LogP contribution in [0, 0.1) is 5.92 Å². The smallest absolute Gasteiger partial charge is 0.271 e. The Hall–Kier alpha value is -2.89. The lowest BCUT2D eigenvalue weighted by Gasteiger charge is -2.08. The number of amides is 1. The summed E-state index contributed by atoms with van der Waals surface area (Å²) in [6.45, 7) is 5.76. The van der Waals surface area contributed by atoms with Gasteiger partial charge in [-0.25, -0.2) is 0 Å². The van der Waals surface area contributed by atoms with Gasteiger partial charge in [-0.05, 0) is 42.5 Å². The van der Waals surface area contributed by atoms with Crippen molar-refractivity contribution in [1.29, 1.82) is 0 Å². The highest BCUT2D eigenvalue weighted by Crippen LogP contribution is 2.17. The minimum atomic E-state index is -0.203. The maximum Gasteiger partial charge on any atom is 0.271 e. The predicted molar refractivity (Wildman–Crippen MR) is 104 cm³/mol. The Balaban J connectivity index is 1.48. The van der Waals surface area contributed by atoms with Crippen LogP contribution < -0.4 is 10.6 Å². The van der Waals surface area contributed by atoms with Gasteiger partial charge in [0.1, 0.15) is 5.82 Å². The first-order chi connectivity index (χ1) is 12.6. The number of carbonyl (C=O) groups is 1. The number of carbonyl (C=O) groups excluding carboxylic acids is 1. The fourth-order valence-corrected chi connectivity index (χ4v) is 2.78. The third-order valence-corrected chi connectivity index (χ3v) is 4.28. The Bertz CT molecular complexity index is 854. The van der Waals surface area contributed by atoms with E-state index in [1.54, 1.807) is 12.1 Å². The third kappa shape index (κ3) is 4.59. The summed E-state index contributed by atoms with van der Waals surface area (Å²) in [7, 11) is 0. The molecule has 2 aromatic heterocycles. The first-order valence-electron chi connectivity index (χ1n) is 9.04. The number of hydrogen-bond acceptors (Lipinski definition) is 4. The normalized spacial score (nSPS) is 11.0. The number of hydrogen-bond donors (Lipinski definition) is 3. The summed E-state index contributed by atoms with van der Waals surface area (Å²) in [6.07, 6.45) is 3.82. The minimum Gasteiger partial charge on any atom is -0.369 e. The van der Waals surface area contributed by atoms with E-state index in [0.29, 0.717) is 24.0 Å². The van der Waals surface area contributed by atoms with Gasteiger partial charge in [0, 0.05) is 30.2 Å². The molecule has 3 N–H and O–H groups in total. The van der Waals surface area contributed by atoms with Gasteiger partial charge in [-0.3, -0.25) is 4.79 Å². The van der Waals surface area contributed by atoms with Crippen LogP contribution in [0.2, 0.25) is 0 Å². The first kappa shape index (κ1) is 17.9. The van der Waals surface area contributed by atoms with Crippen LogP contribution in [0.5, 0.6) is 0 Å². The molecule has 0 bridgehead atoms. The van der Waals surface area contributed by atoms with Crippen molar-refractivity contribution in [2.45, 2.75) is 26.7 Å². The number of aromatic nitrogens is 3. The highest BCUT2D eigenvalue weighted by Gasteiger charge is 2.09. The highest BCUT2D eigenvalue weighted by atomic mass is 16.1. The molecule has 0 saturated carbocycles. The largest absolute Gasteiger partial charge is 0.369 e. The Morgan fingerprint density at radius 2 is 1.96 bits per heavy atom.